The van der Waals surface area contributed by atoms with Crippen molar-refractivity contribution >= 4 is 11.6 Å². The van der Waals surface area contributed by atoms with Gasteiger partial charge in [0.05, 0.1) is 0 Å². The van der Waals surface area contributed by atoms with Crippen LogP contribution in [0.2, 0.25) is 0 Å². The molecular formula is C16H28O2. The van der Waals surface area contributed by atoms with Gasteiger partial charge >= 0.3 is 0 Å². The molecule has 1 saturated carbocycles. The lowest BCUT2D eigenvalue weighted by molar-refractivity contribution is -0.136. The number of ketones is 2. The van der Waals surface area contributed by atoms with Crippen LogP contribution < -0.4 is 0 Å². The molecule has 1 aliphatic carbocycles. The summed E-state index contributed by atoms with van der Waals surface area (Å²) in [5.41, 5.74) is -0.489. The molecule has 0 saturated heterocycles. The number of hydrogen-bond donors (Lipinski definition) is 0. The summed E-state index contributed by atoms with van der Waals surface area (Å²) in [5.74, 6) is 1.08. The second kappa shape index (κ2) is 5.14. The van der Waals surface area contributed by atoms with Crippen LogP contribution in [0.25, 0.3) is 0 Å². The molecular weight excluding hydrogens is 224 g/mol. The molecule has 0 aromatic heterocycles. The highest BCUT2D eigenvalue weighted by molar-refractivity contribution is 5.88. The molecule has 1 fully saturated rings. The van der Waals surface area contributed by atoms with E-state index in [2.05, 4.69) is 0 Å². The Labute approximate surface area is 112 Å². The van der Waals surface area contributed by atoms with Crippen molar-refractivity contribution in [1.29, 1.82) is 0 Å². The number of carbonyl (C=O) groups is 2. The molecule has 104 valence electrons. The summed E-state index contributed by atoms with van der Waals surface area (Å²) in [6.45, 7) is 11.9. The summed E-state index contributed by atoms with van der Waals surface area (Å²) in [6, 6.07) is 0. The first-order chi connectivity index (χ1) is 8.03. The average Bonchev–Trinajstić information content (AvgIpc) is 2.25. The fourth-order valence-electron chi connectivity index (χ4n) is 2.84. The summed E-state index contributed by atoms with van der Waals surface area (Å²) >= 11 is 0. The Balaban J connectivity index is 2.57. The molecule has 0 atom stereocenters. The van der Waals surface area contributed by atoms with E-state index in [-0.39, 0.29) is 22.7 Å². The van der Waals surface area contributed by atoms with Crippen molar-refractivity contribution in [2.75, 3.05) is 0 Å². The smallest absolute Gasteiger partial charge is 0.141 e. The van der Waals surface area contributed by atoms with Crippen LogP contribution in [0.4, 0.5) is 0 Å². The Morgan fingerprint density at radius 3 is 1.06 bits per heavy atom. The first-order valence-electron chi connectivity index (χ1n) is 7.12. The molecule has 0 heterocycles. The van der Waals surface area contributed by atoms with Crippen LogP contribution in [0.15, 0.2) is 0 Å². The third-order valence-corrected chi connectivity index (χ3v) is 3.95. The maximum Gasteiger partial charge on any atom is 0.141 e. The van der Waals surface area contributed by atoms with Crippen molar-refractivity contribution in [3.63, 3.8) is 0 Å². The van der Waals surface area contributed by atoms with Gasteiger partial charge in [0, 0.05) is 22.7 Å². The highest BCUT2D eigenvalue weighted by Crippen LogP contribution is 2.37. The molecule has 0 aromatic rings. The van der Waals surface area contributed by atoms with Crippen LogP contribution in [-0.4, -0.2) is 11.6 Å². The lowest BCUT2D eigenvalue weighted by Gasteiger charge is -2.33. The van der Waals surface area contributed by atoms with E-state index < -0.39 is 0 Å². The van der Waals surface area contributed by atoms with Crippen LogP contribution in [0.1, 0.15) is 67.2 Å². The molecule has 0 bridgehead atoms. The molecule has 1 aliphatic rings. The molecule has 0 spiro atoms. The molecule has 18 heavy (non-hydrogen) atoms. The van der Waals surface area contributed by atoms with Crippen LogP contribution in [-0.2, 0) is 9.59 Å². The van der Waals surface area contributed by atoms with Crippen molar-refractivity contribution in [2.45, 2.75) is 67.2 Å². The molecule has 0 aromatic carbocycles. The number of hydrogen-bond acceptors (Lipinski definition) is 2. The zero-order valence-corrected chi connectivity index (χ0v) is 12.8. The van der Waals surface area contributed by atoms with Gasteiger partial charge < -0.3 is 0 Å². The van der Waals surface area contributed by atoms with Crippen LogP contribution in [0.3, 0.4) is 0 Å². The highest BCUT2D eigenvalue weighted by atomic mass is 16.1. The summed E-state index contributed by atoms with van der Waals surface area (Å²) in [6.07, 6.45) is 3.57. The molecule has 0 aliphatic heterocycles. The zero-order valence-electron chi connectivity index (χ0n) is 12.8. The third-order valence-electron chi connectivity index (χ3n) is 3.95. The Hall–Kier alpha value is -0.660. The molecule has 0 radical (unpaired) electrons. The summed E-state index contributed by atoms with van der Waals surface area (Å²) in [4.78, 5) is 24.4. The van der Waals surface area contributed by atoms with Crippen molar-refractivity contribution in [3.05, 3.63) is 0 Å². The lowest BCUT2D eigenvalue weighted by Crippen LogP contribution is -2.35. The van der Waals surface area contributed by atoms with E-state index in [4.69, 9.17) is 0 Å². The molecule has 2 heteroatoms. The van der Waals surface area contributed by atoms with E-state index in [0.29, 0.717) is 11.6 Å². The second-order valence-electron chi connectivity index (χ2n) is 7.78. The van der Waals surface area contributed by atoms with E-state index in [1.807, 2.05) is 41.5 Å². The topological polar surface area (TPSA) is 34.1 Å². The van der Waals surface area contributed by atoms with Gasteiger partial charge in [-0.2, -0.15) is 0 Å². The van der Waals surface area contributed by atoms with Gasteiger partial charge in [-0.3, -0.25) is 9.59 Å². The quantitative estimate of drug-likeness (QED) is 0.743. The SMILES string of the molecule is CC(C)(C)C(=O)C1CCC(C(=O)C(C)(C)C)CC1. The van der Waals surface area contributed by atoms with Crippen molar-refractivity contribution in [2.24, 2.45) is 22.7 Å². The molecule has 0 unspecified atom stereocenters. The minimum Gasteiger partial charge on any atom is -0.299 e. The van der Waals surface area contributed by atoms with E-state index in [1.165, 1.54) is 0 Å². The molecule has 0 N–H and O–H groups in total. The lowest BCUT2D eigenvalue weighted by atomic mass is 9.70. The summed E-state index contributed by atoms with van der Waals surface area (Å²) in [7, 11) is 0. The standard InChI is InChI=1S/C16H28O2/c1-15(2,3)13(17)11-7-9-12(10-8-11)14(18)16(4,5)6/h11-12H,7-10H2,1-6H3. The average molecular weight is 252 g/mol. The largest absolute Gasteiger partial charge is 0.299 e. The maximum absolute atomic E-state index is 12.2. The summed E-state index contributed by atoms with van der Waals surface area (Å²) < 4.78 is 0. The maximum atomic E-state index is 12.2. The van der Waals surface area contributed by atoms with Gasteiger partial charge in [-0.25, -0.2) is 0 Å². The Kier molecular flexibility index (Phi) is 4.40. The van der Waals surface area contributed by atoms with Gasteiger partial charge in [-0.15, -0.1) is 0 Å². The van der Waals surface area contributed by atoms with Crippen molar-refractivity contribution < 1.29 is 9.59 Å². The van der Waals surface area contributed by atoms with Crippen molar-refractivity contribution in [3.8, 4) is 0 Å². The summed E-state index contributed by atoms with van der Waals surface area (Å²) in [5, 5.41) is 0. The minimum absolute atomic E-state index is 0.175. The van der Waals surface area contributed by atoms with Gasteiger partial charge in [-0.05, 0) is 25.7 Å². The number of Topliss-reactive ketones (excluding diaryl/α,β-unsaturated/α-hetero) is 2. The number of rotatable bonds is 2. The first kappa shape index (κ1) is 15.4. The molecule has 2 nitrogen and oxygen atoms in total. The zero-order chi connectivity index (χ0) is 14.1. The molecule has 0 amide bonds. The van der Waals surface area contributed by atoms with Crippen molar-refractivity contribution in [1.82, 2.24) is 0 Å². The predicted octanol–water partition coefficient (Wildman–Crippen LogP) is 4.02. The second-order valence-corrected chi connectivity index (χ2v) is 7.78. The Morgan fingerprint density at radius 1 is 0.667 bits per heavy atom. The van der Waals surface area contributed by atoms with Gasteiger partial charge in [-0.1, -0.05) is 41.5 Å². The van der Waals surface area contributed by atoms with Crippen LogP contribution in [0, 0.1) is 22.7 Å². The molecule has 1 rings (SSSR count). The Bertz CT molecular complexity index is 286. The highest BCUT2D eigenvalue weighted by Gasteiger charge is 2.37. The van der Waals surface area contributed by atoms with E-state index in [9.17, 15) is 9.59 Å². The van der Waals surface area contributed by atoms with Gasteiger partial charge in [0.25, 0.3) is 0 Å². The first-order valence-corrected chi connectivity index (χ1v) is 7.12. The fraction of sp³-hybridized carbons (Fsp3) is 0.875. The minimum atomic E-state index is -0.245. The van der Waals surface area contributed by atoms with Crippen LogP contribution in [0.5, 0.6) is 0 Å². The van der Waals surface area contributed by atoms with Crippen LogP contribution >= 0.6 is 0 Å². The Morgan fingerprint density at radius 2 is 0.889 bits per heavy atom. The number of carbonyl (C=O) groups excluding carboxylic acids is 2. The van der Waals surface area contributed by atoms with Gasteiger partial charge in [0.2, 0.25) is 0 Å². The predicted molar refractivity (Wildman–Crippen MR) is 74.4 cm³/mol. The third kappa shape index (κ3) is 3.66. The van der Waals surface area contributed by atoms with E-state index >= 15 is 0 Å². The van der Waals surface area contributed by atoms with Gasteiger partial charge in [0.1, 0.15) is 11.6 Å². The van der Waals surface area contributed by atoms with E-state index in [0.717, 1.165) is 25.7 Å². The van der Waals surface area contributed by atoms with Gasteiger partial charge in [0.15, 0.2) is 0 Å². The monoisotopic (exact) mass is 252 g/mol. The van der Waals surface area contributed by atoms with E-state index in [1.54, 1.807) is 0 Å². The normalized spacial score (nSPS) is 25.9. The fourth-order valence-corrected chi connectivity index (χ4v) is 2.84.